The number of nitrogen functional groups attached to an aromatic ring is 1. The van der Waals surface area contributed by atoms with Gasteiger partial charge >= 0.3 is 5.69 Å². The first-order valence-corrected chi connectivity index (χ1v) is 10.4. The maximum Gasteiger partial charge on any atom is 0.329 e. The molecule has 1 saturated heterocycles. The highest BCUT2D eigenvalue weighted by atomic mass is 19.3. The number of nitrogens with zero attached hydrogens (tertiary/aromatic N) is 2. The molecule has 0 bridgehead atoms. The number of aliphatic hydroxyl groups is 1. The molecule has 2 aliphatic carbocycles. The highest BCUT2D eigenvalue weighted by molar-refractivity contribution is 5.97. The molecule has 0 radical (unpaired) electrons. The van der Waals surface area contributed by atoms with Crippen LogP contribution in [0.1, 0.15) is 37.3 Å². The van der Waals surface area contributed by atoms with E-state index in [-0.39, 0.29) is 47.8 Å². The molecule has 4 N–H and O–H groups in total. The van der Waals surface area contributed by atoms with Crippen molar-refractivity contribution >= 4 is 22.3 Å². The van der Waals surface area contributed by atoms with E-state index in [4.69, 9.17) is 5.73 Å². The van der Waals surface area contributed by atoms with E-state index in [1.807, 2.05) is 0 Å². The lowest BCUT2D eigenvalue weighted by Crippen LogP contribution is -2.40. The van der Waals surface area contributed by atoms with E-state index in [0.717, 1.165) is 12.8 Å². The number of aryl methyl sites for hydroxylation is 1. The largest absolute Gasteiger partial charge is 0.396 e. The zero-order valence-corrected chi connectivity index (χ0v) is 16.9. The first-order valence-electron chi connectivity index (χ1n) is 10.4. The van der Waals surface area contributed by atoms with Gasteiger partial charge in [0.05, 0.1) is 22.3 Å². The molecule has 31 heavy (non-hydrogen) atoms. The van der Waals surface area contributed by atoms with Crippen molar-refractivity contribution in [2.75, 3.05) is 23.7 Å². The summed E-state index contributed by atoms with van der Waals surface area (Å²) in [6, 6.07) is -0.101. The molecule has 2 fully saturated rings. The zero-order valence-electron chi connectivity index (χ0n) is 16.9. The zero-order chi connectivity index (χ0) is 22.2. The molecule has 2 aromatic rings. The van der Waals surface area contributed by atoms with E-state index in [1.165, 1.54) is 4.57 Å². The number of benzene rings is 1. The topological polar surface area (TPSA) is 104 Å². The van der Waals surface area contributed by atoms with Crippen LogP contribution < -0.4 is 21.9 Å². The number of nitrogens with two attached hydrogens (primary N) is 1. The third-order valence-electron chi connectivity index (χ3n) is 6.76. The van der Waals surface area contributed by atoms with Gasteiger partial charge in [-0.05, 0) is 31.8 Å². The Hall–Kier alpha value is -2.75. The van der Waals surface area contributed by atoms with E-state index < -0.39 is 41.4 Å². The first kappa shape index (κ1) is 20.2. The average molecular weight is 436 g/mol. The van der Waals surface area contributed by atoms with Gasteiger partial charge in [-0.15, -0.1) is 0 Å². The molecule has 2 heterocycles. The molecule has 166 valence electrons. The van der Waals surface area contributed by atoms with Gasteiger partial charge < -0.3 is 15.7 Å². The van der Waals surface area contributed by atoms with Crippen molar-refractivity contribution in [1.29, 1.82) is 0 Å². The Balaban J connectivity index is 1.70. The smallest absolute Gasteiger partial charge is 0.329 e. The normalized spacial score (nSPS) is 25.5. The number of hydrogen-bond donors (Lipinski definition) is 3. The minimum atomic E-state index is -3.23. The van der Waals surface area contributed by atoms with Gasteiger partial charge in [0, 0.05) is 37.0 Å². The molecule has 7 nitrogen and oxygen atoms in total. The lowest BCUT2D eigenvalue weighted by Gasteiger charge is -2.27. The van der Waals surface area contributed by atoms with Crippen LogP contribution in [0.15, 0.2) is 21.2 Å². The number of aliphatic hydroxyl groups excluding tert-OH is 1. The highest BCUT2D eigenvalue weighted by Crippen LogP contribution is 2.44. The number of aromatic amines is 1. The van der Waals surface area contributed by atoms with Crippen LogP contribution in [0.4, 0.5) is 24.5 Å². The van der Waals surface area contributed by atoms with Crippen molar-refractivity contribution < 1.29 is 18.3 Å². The monoisotopic (exact) mass is 436 g/mol. The van der Waals surface area contributed by atoms with Crippen molar-refractivity contribution in [3.05, 3.63) is 43.9 Å². The molecule has 10 heteroatoms. The van der Waals surface area contributed by atoms with E-state index in [2.05, 4.69) is 4.98 Å². The molecule has 1 aromatic carbocycles. The average Bonchev–Trinajstić information content (AvgIpc) is 3.46. The fraction of sp³-hybridized carbons (Fsp3) is 0.524. The predicted octanol–water partition coefficient (Wildman–Crippen LogP) is 2.21. The van der Waals surface area contributed by atoms with Crippen molar-refractivity contribution in [2.45, 2.75) is 50.7 Å². The number of H-pyrrole nitrogens is 1. The summed E-state index contributed by atoms with van der Waals surface area (Å²) in [6.45, 7) is 1.76. The number of allylic oxidation sites excluding steroid dienone is 1. The van der Waals surface area contributed by atoms with E-state index in [0.29, 0.717) is 11.1 Å². The van der Waals surface area contributed by atoms with Crippen LogP contribution in [0.2, 0.25) is 0 Å². The summed E-state index contributed by atoms with van der Waals surface area (Å²) >= 11 is 0. The highest BCUT2D eigenvalue weighted by Gasteiger charge is 2.48. The second-order valence-electron chi connectivity index (χ2n) is 8.80. The molecule has 2 unspecified atom stereocenters. The fourth-order valence-electron chi connectivity index (χ4n) is 5.08. The molecule has 1 aromatic heterocycles. The van der Waals surface area contributed by atoms with Crippen molar-refractivity contribution in [2.24, 2.45) is 5.92 Å². The summed E-state index contributed by atoms with van der Waals surface area (Å²) in [5.74, 6) is -4.89. The maximum absolute atomic E-state index is 15.4. The van der Waals surface area contributed by atoms with Gasteiger partial charge in [-0.25, -0.2) is 18.0 Å². The first-order chi connectivity index (χ1) is 14.6. The Bertz CT molecular complexity index is 1250. The molecule has 5 rings (SSSR count). The number of anilines is 2. The Morgan fingerprint density at radius 3 is 2.68 bits per heavy atom. The molecular formula is C21H23F3N4O3. The predicted molar refractivity (Wildman–Crippen MR) is 110 cm³/mol. The van der Waals surface area contributed by atoms with Gasteiger partial charge in [-0.2, -0.15) is 0 Å². The molecular weight excluding hydrogens is 413 g/mol. The summed E-state index contributed by atoms with van der Waals surface area (Å²) in [6.07, 6.45) is 1.04. The van der Waals surface area contributed by atoms with Gasteiger partial charge in [0.2, 0.25) is 0 Å². The van der Waals surface area contributed by atoms with E-state index in [1.54, 1.807) is 17.9 Å². The van der Waals surface area contributed by atoms with Crippen LogP contribution in [0.5, 0.6) is 0 Å². The number of halogens is 3. The maximum atomic E-state index is 15.4. The molecule has 1 saturated carbocycles. The summed E-state index contributed by atoms with van der Waals surface area (Å²) in [5.41, 5.74) is 5.65. The number of fused-ring (bicyclic) bond motifs is 2. The number of hydrogen-bond acceptors (Lipinski definition) is 5. The number of nitrogens with one attached hydrogen (secondary N) is 1. The van der Waals surface area contributed by atoms with Crippen LogP contribution in [-0.4, -0.2) is 39.8 Å². The van der Waals surface area contributed by atoms with Gasteiger partial charge in [0.25, 0.3) is 11.5 Å². The Morgan fingerprint density at radius 1 is 1.29 bits per heavy atom. The Morgan fingerprint density at radius 2 is 2.00 bits per heavy atom. The third kappa shape index (κ3) is 2.91. The summed E-state index contributed by atoms with van der Waals surface area (Å²) in [7, 11) is 0. The minimum Gasteiger partial charge on any atom is -0.396 e. The SMILES string of the molecule is Cc1c(N2CC3=CCCC(F)(F)C(O)C3C2)c(F)c(N)c2c(=O)[nH]c(=O)n(C3CC3)c12. The molecule has 0 amide bonds. The standard InChI is InChI=1S/C21H23F3N4O3/c1-9-16-13(19(30)26-20(31)28(16)11-4-5-11)15(25)14(22)17(9)27-7-10-3-2-6-21(23,24)18(29)12(10)8-27/h3,11-12,18,29H,2,4-8,25H2,1H3,(H,26,30,31). The number of alkyl halides is 2. The van der Waals surface area contributed by atoms with Crippen molar-refractivity contribution in [1.82, 2.24) is 9.55 Å². The number of aromatic nitrogens is 2. The van der Waals surface area contributed by atoms with E-state index in [9.17, 15) is 23.5 Å². The molecule has 1 aliphatic heterocycles. The van der Waals surface area contributed by atoms with Crippen LogP contribution in [0.25, 0.3) is 10.9 Å². The minimum absolute atomic E-state index is 0.0118. The summed E-state index contributed by atoms with van der Waals surface area (Å²) < 4.78 is 45.3. The van der Waals surface area contributed by atoms with Crippen LogP contribution in [0.3, 0.4) is 0 Å². The summed E-state index contributed by atoms with van der Waals surface area (Å²) in [4.78, 5) is 28.8. The van der Waals surface area contributed by atoms with Crippen molar-refractivity contribution in [3.63, 3.8) is 0 Å². The Labute approximate surface area is 175 Å². The van der Waals surface area contributed by atoms with Gasteiger partial charge in [-0.3, -0.25) is 14.3 Å². The lowest BCUT2D eigenvalue weighted by atomic mass is 9.94. The quantitative estimate of drug-likeness (QED) is 0.495. The van der Waals surface area contributed by atoms with E-state index >= 15 is 4.39 Å². The van der Waals surface area contributed by atoms with Crippen molar-refractivity contribution in [3.8, 4) is 0 Å². The number of rotatable bonds is 2. The van der Waals surface area contributed by atoms with Gasteiger partial charge in [-0.1, -0.05) is 6.08 Å². The van der Waals surface area contributed by atoms with Crippen LogP contribution in [-0.2, 0) is 0 Å². The third-order valence-corrected chi connectivity index (χ3v) is 6.76. The second-order valence-corrected chi connectivity index (χ2v) is 8.80. The van der Waals surface area contributed by atoms with Gasteiger partial charge in [0.15, 0.2) is 5.82 Å². The van der Waals surface area contributed by atoms with Crippen LogP contribution in [0, 0.1) is 18.7 Å². The molecule has 2 atom stereocenters. The van der Waals surface area contributed by atoms with Crippen LogP contribution >= 0.6 is 0 Å². The fourth-order valence-corrected chi connectivity index (χ4v) is 5.08. The molecule has 0 spiro atoms. The second kappa shape index (κ2) is 6.62. The Kier molecular flexibility index (Phi) is 4.31. The van der Waals surface area contributed by atoms with Gasteiger partial charge in [0.1, 0.15) is 6.10 Å². The summed E-state index contributed by atoms with van der Waals surface area (Å²) in [5, 5.41) is 10.2. The molecule has 3 aliphatic rings. The lowest BCUT2D eigenvalue weighted by molar-refractivity contribution is -0.124.